The topological polar surface area (TPSA) is 0 Å². The molecule has 0 spiro atoms. The molecule has 0 saturated heterocycles. The molecule has 0 unspecified atom stereocenters. The summed E-state index contributed by atoms with van der Waals surface area (Å²) in [7, 11) is 0. The van der Waals surface area contributed by atoms with Crippen molar-refractivity contribution in [2.45, 2.75) is 26.2 Å². The fourth-order valence-electron chi connectivity index (χ4n) is 1.46. The first-order valence-electron chi connectivity index (χ1n) is 4.66. The molecule has 0 bridgehead atoms. The molecule has 0 atom stereocenters. The van der Waals surface area contributed by atoms with E-state index in [-0.39, 0.29) is 5.41 Å². The maximum absolute atomic E-state index is 3.55. The molecule has 1 heterocycles. The van der Waals surface area contributed by atoms with E-state index in [0.717, 1.165) is 0 Å². The quantitative estimate of drug-likeness (QED) is 0.634. The lowest BCUT2D eigenvalue weighted by Crippen LogP contribution is -2.10. The van der Waals surface area contributed by atoms with Crippen molar-refractivity contribution >= 4 is 37.4 Å². The average Bonchev–Trinajstić information content (AvgIpc) is 2.46. The van der Waals surface area contributed by atoms with E-state index < -0.39 is 0 Å². The van der Waals surface area contributed by atoms with Crippen molar-refractivity contribution in [2.75, 3.05) is 0 Å². The molecule has 1 aromatic carbocycles. The minimum atomic E-state index is 0.241. The van der Waals surface area contributed by atoms with E-state index in [9.17, 15) is 0 Å². The molecular weight excluding hydrogens is 256 g/mol. The van der Waals surface area contributed by atoms with Gasteiger partial charge in [0.25, 0.3) is 0 Å². The first kappa shape index (κ1) is 10.2. The van der Waals surface area contributed by atoms with Crippen LogP contribution in [0.1, 0.15) is 26.3 Å². The predicted molar refractivity (Wildman–Crippen MR) is 68.2 cm³/mol. The van der Waals surface area contributed by atoms with E-state index in [1.165, 1.54) is 20.1 Å². The lowest BCUT2D eigenvalue weighted by atomic mass is 9.87. The number of fused-ring (bicyclic) bond motifs is 1. The highest BCUT2D eigenvalue weighted by Gasteiger charge is 2.14. The second-order valence-electron chi connectivity index (χ2n) is 4.54. The number of halogens is 1. The summed E-state index contributed by atoms with van der Waals surface area (Å²) < 4.78 is 2.57. The molecule has 14 heavy (non-hydrogen) atoms. The van der Waals surface area contributed by atoms with Gasteiger partial charge in [-0.2, -0.15) is 0 Å². The zero-order chi connectivity index (χ0) is 10.3. The van der Waals surface area contributed by atoms with Gasteiger partial charge in [0.1, 0.15) is 0 Å². The summed E-state index contributed by atoms with van der Waals surface area (Å²) in [6.45, 7) is 6.74. The van der Waals surface area contributed by atoms with Gasteiger partial charge in [0, 0.05) is 19.9 Å². The van der Waals surface area contributed by atoms with E-state index >= 15 is 0 Å². The van der Waals surface area contributed by atoms with Crippen LogP contribution in [0.25, 0.3) is 10.1 Å². The molecular formula is C12H13BrS. The van der Waals surface area contributed by atoms with Crippen molar-refractivity contribution in [3.63, 3.8) is 0 Å². The SMILES string of the molecule is CC(C)(C)c1ccc2c(Br)csc2c1. The minimum Gasteiger partial charge on any atom is -0.143 e. The van der Waals surface area contributed by atoms with Crippen LogP contribution in [-0.2, 0) is 5.41 Å². The van der Waals surface area contributed by atoms with Gasteiger partial charge in [-0.05, 0) is 33.0 Å². The molecule has 0 aliphatic heterocycles. The van der Waals surface area contributed by atoms with Gasteiger partial charge >= 0.3 is 0 Å². The van der Waals surface area contributed by atoms with E-state index in [1.54, 1.807) is 11.3 Å². The van der Waals surface area contributed by atoms with Gasteiger partial charge in [-0.3, -0.25) is 0 Å². The molecule has 0 fully saturated rings. The Morgan fingerprint density at radius 2 is 1.93 bits per heavy atom. The second kappa shape index (κ2) is 3.35. The molecule has 0 N–H and O–H groups in total. The van der Waals surface area contributed by atoms with Crippen LogP contribution < -0.4 is 0 Å². The standard InChI is InChI=1S/C12H13BrS/c1-12(2,3)8-4-5-9-10(13)7-14-11(9)6-8/h4-7H,1-3H3. The summed E-state index contributed by atoms with van der Waals surface area (Å²) in [5.41, 5.74) is 1.64. The average molecular weight is 269 g/mol. The molecule has 0 aliphatic carbocycles. The molecule has 0 saturated carbocycles. The van der Waals surface area contributed by atoms with E-state index in [2.05, 4.69) is 60.3 Å². The molecule has 74 valence electrons. The molecule has 0 amide bonds. The van der Waals surface area contributed by atoms with E-state index in [4.69, 9.17) is 0 Å². The smallest absolute Gasteiger partial charge is 0.0361 e. The lowest BCUT2D eigenvalue weighted by molar-refractivity contribution is 0.591. The van der Waals surface area contributed by atoms with E-state index in [0.29, 0.717) is 0 Å². The fraction of sp³-hybridized carbons (Fsp3) is 0.333. The van der Waals surface area contributed by atoms with Crippen molar-refractivity contribution < 1.29 is 0 Å². The van der Waals surface area contributed by atoms with Crippen LogP contribution in [0.15, 0.2) is 28.1 Å². The summed E-state index contributed by atoms with van der Waals surface area (Å²) in [6, 6.07) is 6.72. The summed E-state index contributed by atoms with van der Waals surface area (Å²) >= 11 is 5.35. The van der Waals surface area contributed by atoms with Crippen LogP contribution in [0.2, 0.25) is 0 Å². The Morgan fingerprint density at radius 3 is 2.57 bits per heavy atom. The van der Waals surface area contributed by atoms with Crippen LogP contribution >= 0.6 is 27.3 Å². The van der Waals surface area contributed by atoms with Gasteiger partial charge in [-0.25, -0.2) is 0 Å². The summed E-state index contributed by atoms with van der Waals surface area (Å²) in [6.07, 6.45) is 0. The second-order valence-corrected chi connectivity index (χ2v) is 6.31. The normalized spacial score (nSPS) is 12.3. The number of thiophene rings is 1. The van der Waals surface area contributed by atoms with Crippen LogP contribution in [0.5, 0.6) is 0 Å². The summed E-state index contributed by atoms with van der Waals surface area (Å²) in [4.78, 5) is 0. The third-order valence-corrected chi connectivity index (χ3v) is 4.30. The number of rotatable bonds is 0. The first-order valence-corrected chi connectivity index (χ1v) is 6.33. The van der Waals surface area contributed by atoms with Crippen LogP contribution in [0.3, 0.4) is 0 Å². The Labute approximate surface area is 97.1 Å². The van der Waals surface area contributed by atoms with Gasteiger partial charge in [0.2, 0.25) is 0 Å². The lowest BCUT2D eigenvalue weighted by Gasteiger charge is -2.18. The molecule has 0 aliphatic rings. The monoisotopic (exact) mass is 268 g/mol. The van der Waals surface area contributed by atoms with Crippen LogP contribution in [0, 0.1) is 0 Å². The highest BCUT2D eigenvalue weighted by molar-refractivity contribution is 9.10. The van der Waals surface area contributed by atoms with Gasteiger partial charge in [0.15, 0.2) is 0 Å². The Balaban J connectivity index is 2.63. The van der Waals surface area contributed by atoms with Crippen molar-refractivity contribution in [1.82, 2.24) is 0 Å². The highest BCUT2D eigenvalue weighted by Crippen LogP contribution is 2.33. The largest absolute Gasteiger partial charge is 0.143 e. The number of benzene rings is 1. The Bertz CT molecular complexity index is 463. The van der Waals surface area contributed by atoms with Crippen molar-refractivity contribution in [1.29, 1.82) is 0 Å². The van der Waals surface area contributed by atoms with Gasteiger partial charge < -0.3 is 0 Å². The maximum Gasteiger partial charge on any atom is 0.0361 e. The molecule has 2 heteroatoms. The van der Waals surface area contributed by atoms with Crippen molar-refractivity contribution in [2.24, 2.45) is 0 Å². The minimum absolute atomic E-state index is 0.241. The zero-order valence-electron chi connectivity index (χ0n) is 8.60. The van der Waals surface area contributed by atoms with Crippen molar-refractivity contribution in [3.05, 3.63) is 33.6 Å². The Morgan fingerprint density at radius 1 is 1.21 bits per heavy atom. The Kier molecular flexibility index (Phi) is 2.44. The zero-order valence-corrected chi connectivity index (χ0v) is 11.0. The molecule has 0 nitrogen and oxygen atoms in total. The fourth-order valence-corrected chi connectivity index (χ4v) is 3.08. The van der Waals surface area contributed by atoms with Gasteiger partial charge in [-0.15, -0.1) is 11.3 Å². The molecule has 2 aromatic rings. The van der Waals surface area contributed by atoms with E-state index in [1.807, 2.05) is 0 Å². The summed E-state index contributed by atoms with van der Waals surface area (Å²) in [5, 5.41) is 3.47. The highest BCUT2D eigenvalue weighted by atomic mass is 79.9. The predicted octanol–water partition coefficient (Wildman–Crippen LogP) is 4.96. The number of hydrogen-bond donors (Lipinski definition) is 0. The number of hydrogen-bond acceptors (Lipinski definition) is 1. The Hall–Kier alpha value is -0.340. The first-order chi connectivity index (χ1) is 6.48. The third kappa shape index (κ3) is 1.73. The third-order valence-electron chi connectivity index (χ3n) is 2.39. The van der Waals surface area contributed by atoms with Gasteiger partial charge in [0.05, 0.1) is 0 Å². The van der Waals surface area contributed by atoms with Crippen LogP contribution in [-0.4, -0.2) is 0 Å². The molecule has 0 radical (unpaired) electrons. The molecule has 1 aromatic heterocycles. The van der Waals surface area contributed by atoms with Gasteiger partial charge in [-0.1, -0.05) is 32.9 Å². The maximum atomic E-state index is 3.55. The summed E-state index contributed by atoms with van der Waals surface area (Å²) in [5.74, 6) is 0. The molecule has 2 rings (SSSR count). The van der Waals surface area contributed by atoms with Crippen LogP contribution in [0.4, 0.5) is 0 Å². The van der Waals surface area contributed by atoms with Crippen molar-refractivity contribution in [3.8, 4) is 0 Å².